The van der Waals surface area contributed by atoms with Crippen molar-refractivity contribution in [2.24, 2.45) is 10.1 Å². The molecule has 0 radical (unpaired) electrons. The molecular weight excluding hydrogens is 420 g/mol. The maximum absolute atomic E-state index is 12.2. The normalized spacial score (nSPS) is 24.6. The van der Waals surface area contributed by atoms with Gasteiger partial charge in [-0.3, -0.25) is 0 Å². The summed E-state index contributed by atoms with van der Waals surface area (Å²) in [6, 6.07) is -3.06. The van der Waals surface area contributed by atoms with E-state index in [0.717, 1.165) is 4.90 Å². The fraction of sp³-hybridized carbons (Fsp3) is 0.778. The fourth-order valence-electron chi connectivity index (χ4n) is 2.60. The van der Waals surface area contributed by atoms with E-state index in [2.05, 4.69) is 8.68 Å². The van der Waals surface area contributed by atoms with Gasteiger partial charge in [0.25, 0.3) is 10.0 Å². The molecule has 2 atom stereocenters. The number of hydroxylamine groups is 2. The molecule has 2 bridgehead atoms. The molecule has 2 N–H and O–H groups in total. The number of amidine groups is 1. The van der Waals surface area contributed by atoms with Gasteiger partial charge in [-0.25, -0.2) is 21.6 Å². The summed E-state index contributed by atoms with van der Waals surface area (Å²) in [5.41, 5.74) is 5.44. The SMILES string of the molecule is NC(=NS(=O)(=O)CC(F)(F)F)[C@@H]1CC[C@@H]2CN1C(=O)N2OS(=O)(=O)[O-].[Na+]. The molecule has 2 saturated heterocycles. The number of urea groups is 1. The van der Waals surface area contributed by atoms with Crippen molar-refractivity contribution in [2.45, 2.75) is 31.1 Å². The summed E-state index contributed by atoms with van der Waals surface area (Å²) in [5.74, 6) is -2.96. The molecule has 0 aliphatic carbocycles. The van der Waals surface area contributed by atoms with Crippen LogP contribution in [0.15, 0.2) is 4.40 Å². The van der Waals surface area contributed by atoms with Crippen LogP contribution < -0.4 is 35.3 Å². The van der Waals surface area contributed by atoms with Gasteiger partial charge in [-0.1, -0.05) is 0 Å². The minimum absolute atomic E-state index is 0. The number of carbonyl (C=O) groups excluding carboxylic acids is 1. The number of amides is 2. The largest absolute Gasteiger partial charge is 1.00 e. The molecule has 0 saturated carbocycles. The molecular formula is C9H12F3N4NaO7S2. The zero-order chi connectivity index (χ0) is 19.2. The zero-order valence-corrected chi connectivity index (χ0v) is 16.8. The van der Waals surface area contributed by atoms with Gasteiger partial charge in [-0.2, -0.15) is 22.5 Å². The summed E-state index contributed by atoms with van der Waals surface area (Å²) in [5, 5.41) is 0.319. The van der Waals surface area contributed by atoms with Gasteiger partial charge < -0.3 is 15.2 Å². The second kappa shape index (κ2) is 7.76. The van der Waals surface area contributed by atoms with Crippen LogP contribution in [0.25, 0.3) is 0 Å². The smallest absolute Gasteiger partial charge is 0.724 e. The Bertz CT molecular complexity index is 801. The van der Waals surface area contributed by atoms with E-state index in [1.54, 1.807) is 0 Å². The minimum atomic E-state index is -5.22. The molecule has 0 spiro atoms. The van der Waals surface area contributed by atoms with Crippen molar-refractivity contribution in [3.05, 3.63) is 0 Å². The summed E-state index contributed by atoms with van der Waals surface area (Å²) in [7, 11) is -10.2. The van der Waals surface area contributed by atoms with Gasteiger partial charge in [0.2, 0.25) is 10.4 Å². The average Bonchev–Trinajstić information content (AvgIpc) is 2.59. The number of hydrogen-bond acceptors (Lipinski definition) is 7. The Morgan fingerprint density at radius 2 is 1.88 bits per heavy atom. The number of alkyl halides is 3. The van der Waals surface area contributed by atoms with Gasteiger partial charge >= 0.3 is 41.8 Å². The van der Waals surface area contributed by atoms with Crippen molar-refractivity contribution in [1.29, 1.82) is 0 Å². The van der Waals surface area contributed by atoms with Crippen molar-refractivity contribution >= 4 is 32.3 Å². The summed E-state index contributed by atoms with van der Waals surface area (Å²) < 4.78 is 98.2. The third-order valence-corrected chi connectivity index (χ3v) is 4.95. The summed E-state index contributed by atoms with van der Waals surface area (Å²) in [6.07, 6.45) is -4.96. The van der Waals surface area contributed by atoms with E-state index in [0.29, 0.717) is 5.06 Å². The van der Waals surface area contributed by atoms with Crippen molar-refractivity contribution < 1.29 is 73.2 Å². The van der Waals surface area contributed by atoms with E-state index in [4.69, 9.17) is 5.73 Å². The molecule has 2 fully saturated rings. The van der Waals surface area contributed by atoms with Gasteiger partial charge in [0.1, 0.15) is 5.84 Å². The molecule has 17 heteroatoms. The van der Waals surface area contributed by atoms with Gasteiger partial charge in [-0.05, 0) is 12.8 Å². The Labute approximate surface area is 168 Å². The Morgan fingerprint density at radius 3 is 2.38 bits per heavy atom. The Morgan fingerprint density at radius 1 is 1.31 bits per heavy atom. The van der Waals surface area contributed by atoms with E-state index < -0.39 is 56.3 Å². The molecule has 11 nitrogen and oxygen atoms in total. The predicted octanol–water partition coefficient (Wildman–Crippen LogP) is -4.10. The first kappa shape index (κ1) is 23.4. The molecule has 2 aliphatic heterocycles. The number of halogens is 3. The number of hydrogen-bond donors (Lipinski definition) is 1. The first-order chi connectivity index (χ1) is 11.2. The maximum Gasteiger partial charge on any atom is 1.00 e. The number of sulfonamides is 1. The topological polar surface area (TPSA) is 162 Å². The van der Waals surface area contributed by atoms with Gasteiger partial charge in [0, 0.05) is 6.54 Å². The fourth-order valence-corrected chi connectivity index (χ4v) is 3.90. The van der Waals surface area contributed by atoms with Crippen LogP contribution in [0.1, 0.15) is 12.8 Å². The molecule has 0 unspecified atom stereocenters. The van der Waals surface area contributed by atoms with Gasteiger partial charge in [0.15, 0.2) is 5.75 Å². The second-order valence-corrected chi connectivity index (χ2v) is 7.95. The second-order valence-electron chi connectivity index (χ2n) is 5.35. The molecule has 26 heavy (non-hydrogen) atoms. The van der Waals surface area contributed by atoms with Crippen LogP contribution in [0, 0.1) is 0 Å². The predicted molar refractivity (Wildman–Crippen MR) is 73.0 cm³/mol. The number of nitrogens with zero attached hydrogens (tertiary/aromatic N) is 3. The van der Waals surface area contributed by atoms with Gasteiger partial charge in [-0.15, -0.1) is 4.40 Å². The summed E-state index contributed by atoms with van der Waals surface area (Å²) >= 11 is 0. The summed E-state index contributed by atoms with van der Waals surface area (Å²) in [4.78, 5) is 12.9. The van der Waals surface area contributed by atoms with E-state index in [1.807, 2.05) is 0 Å². The van der Waals surface area contributed by atoms with Crippen LogP contribution in [-0.4, -0.2) is 73.8 Å². The summed E-state index contributed by atoms with van der Waals surface area (Å²) in [6.45, 7) is -0.158. The molecule has 2 amide bonds. The Kier molecular flexibility index (Phi) is 6.99. The minimum Gasteiger partial charge on any atom is -0.724 e. The van der Waals surface area contributed by atoms with Crippen LogP contribution in [-0.2, 0) is 24.7 Å². The number of nitrogens with two attached hydrogens (primary N) is 1. The van der Waals surface area contributed by atoms with Crippen molar-refractivity contribution in [1.82, 2.24) is 9.96 Å². The standard InChI is InChI=1S/C9H13F3N4O7S2.Na/c10-9(11,12)4-24(18,19)14-7(13)6-2-1-5-3-15(6)8(17)16(5)23-25(20,21)22;/h5-6H,1-4H2,(H2,13,14)(H,20,21,22);/q;+1/p-1/t5-,6+;/m1./s1. The van der Waals surface area contributed by atoms with E-state index >= 15 is 0 Å². The van der Waals surface area contributed by atoms with E-state index in [-0.39, 0.29) is 48.9 Å². The van der Waals surface area contributed by atoms with Crippen LogP contribution >= 0.6 is 0 Å². The first-order valence-electron chi connectivity index (χ1n) is 6.58. The monoisotopic (exact) mass is 432 g/mol. The van der Waals surface area contributed by atoms with Gasteiger partial charge in [0.05, 0.1) is 12.1 Å². The molecule has 0 aromatic rings. The molecule has 0 aromatic carbocycles. The molecule has 2 aliphatic rings. The van der Waals surface area contributed by atoms with Crippen LogP contribution in [0.2, 0.25) is 0 Å². The molecule has 0 aromatic heterocycles. The molecule has 2 heterocycles. The van der Waals surface area contributed by atoms with Crippen molar-refractivity contribution in [2.75, 3.05) is 12.3 Å². The maximum atomic E-state index is 12.2. The zero-order valence-electron chi connectivity index (χ0n) is 13.2. The van der Waals surface area contributed by atoms with Crippen LogP contribution in [0.5, 0.6) is 0 Å². The average molecular weight is 432 g/mol. The van der Waals surface area contributed by atoms with Crippen molar-refractivity contribution in [3.8, 4) is 0 Å². The number of carbonyl (C=O) groups is 1. The quantitative estimate of drug-likeness (QED) is 0.151. The van der Waals surface area contributed by atoms with E-state index in [9.17, 15) is 39.4 Å². The van der Waals surface area contributed by atoms with Crippen LogP contribution in [0.3, 0.4) is 0 Å². The first-order valence-corrected chi connectivity index (χ1v) is 9.53. The third kappa shape index (κ3) is 5.93. The molecule has 144 valence electrons. The number of fused-ring (bicyclic) bond motifs is 2. The van der Waals surface area contributed by atoms with E-state index in [1.165, 1.54) is 0 Å². The molecule has 2 rings (SSSR count). The Hall–Kier alpha value is -0.650. The van der Waals surface area contributed by atoms with Crippen molar-refractivity contribution in [3.63, 3.8) is 0 Å². The third-order valence-electron chi connectivity index (χ3n) is 3.43. The Balaban J connectivity index is 0.00000338. The number of rotatable bonds is 5. The number of piperidine rings is 1. The van der Waals surface area contributed by atoms with Crippen LogP contribution in [0.4, 0.5) is 18.0 Å².